The molecule has 0 nitrogen and oxygen atoms in total. The molecule has 0 aliphatic heterocycles. The number of hydrogen-bond donors (Lipinski definition) is 0. The summed E-state index contributed by atoms with van der Waals surface area (Å²) in [7, 11) is 0. The summed E-state index contributed by atoms with van der Waals surface area (Å²) in [5.74, 6) is 0. The molecule has 0 bridgehead atoms. The minimum absolute atomic E-state index is 0. The molecular formula is C32H32Cl2SiZr. The molecular weight excluding hydrogens is 575 g/mol. The van der Waals surface area contributed by atoms with E-state index in [9.17, 15) is 0 Å². The quantitative estimate of drug-likeness (QED) is 0.215. The molecule has 6 rings (SSSR count). The normalized spacial score (nSPS) is 13.8. The number of allylic oxidation sites excluding steroid dienone is 4. The minimum Gasteiger partial charge on any atom is -0.147 e. The Balaban J connectivity index is 0.00000152. The summed E-state index contributed by atoms with van der Waals surface area (Å²) in [6.45, 7) is 4.68. The van der Waals surface area contributed by atoms with Gasteiger partial charge in [0.05, 0.1) is 0 Å². The van der Waals surface area contributed by atoms with E-state index in [1.54, 1.807) is 18.7 Å². The largest absolute Gasteiger partial charge is 0.147 e. The zero-order chi connectivity index (χ0) is 23.2. The van der Waals surface area contributed by atoms with Gasteiger partial charge in [-0.3, -0.25) is 0 Å². The van der Waals surface area contributed by atoms with Gasteiger partial charge >= 0.3 is 207 Å². The van der Waals surface area contributed by atoms with Crippen LogP contribution in [0.4, 0.5) is 0 Å². The second-order valence-corrected chi connectivity index (χ2v) is 31.1. The first-order chi connectivity index (χ1) is 16.7. The summed E-state index contributed by atoms with van der Waals surface area (Å²) in [6, 6.07) is 37.1. The van der Waals surface area contributed by atoms with Crippen LogP contribution in [0.15, 0.2) is 119 Å². The van der Waals surface area contributed by atoms with Gasteiger partial charge in [-0.25, -0.2) is 0 Å². The zero-order valence-electron chi connectivity index (χ0n) is 20.6. The molecule has 4 aromatic carbocycles. The van der Waals surface area contributed by atoms with E-state index in [0.29, 0.717) is 0 Å². The molecule has 0 heterocycles. The molecule has 0 radical (unpaired) electrons. The third-order valence-corrected chi connectivity index (χ3v) is 34.5. The van der Waals surface area contributed by atoms with Gasteiger partial charge in [-0.05, 0) is 0 Å². The average Bonchev–Trinajstić information content (AvgIpc) is 3.58. The van der Waals surface area contributed by atoms with E-state index in [2.05, 4.69) is 129 Å². The van der Waals surface area contributed by atoms with Crippen LogP contribution in [0.2, 0.25) is 0 Å². The van der Waals surface area contributed by atoms with Crippen molar-refractivity contribution in [2.45, 2.75) is 26.2 Å². The van der Waals surface area contributed by atoms with Crippen molar-refractivity contribution in [2.24, 2.45) is 0 Å². The summed E-state index contributed by atoms with van der Waals surface area (Å²) < 4.78 is 6.38. The molecule has 0 fully saturated rings. The van der Waals surface area contributed by atoms with Crippen LogP contribution in [-0.4, -0.2) is 6.88 Å². The summed E-state index contributed by atoms with van der Waals surface area (Å²) in [6.07, 6.45) is 10.3. The SMILES string of the molecule is CCc1cc[c]([Zr](=[SiH2])([C]2=CC=CC2)([c]2ccccc2)[c]2ccccc2)c2c1-c1ccccc1C2.Cl.Cl. The van der Waals surface area contributed by atoms with Gasteiger partial charge in [0, 0.05) is 0 Å². The van der Waals surface area contributed by atoms with Crippen molar-refractivity contribution in [3.05, 3.63) is 135 Å². The molecule has 0 unspecified atom stereocenters. The number of benzene rings is 4. The predicted molar refractivity (Wildman–Crippen MR) is 161 cm³/mol. The van der Waals surface area contributed by atoms with Crippen LogP contribution in [0.25, 0.3) is 11.1 Å². The van der Waals surface area contributed by atoms with Gasteiger partial charge in [-0.2, -0.15) is 0 Å². The van der Waals surface area contributed by atoms with Crippen molar-refractivity contribution in [2.75, 3.05) is 0 Å². The average molecular weight is 607 g/mol. The molecule has 4 aromatic rings. The Hall–Kier alpha value is -1.96. The van der Waals surface area contributed by atoms with Crippen LogP contribution in [0.3, 0.4) is 0 Å². The Morgan fingerprint density at radius 3 is 1.94 bits per heavy atom. The summed E-state index contributed by atoms with van der Waals surface area (Å²) in [4.78, 5) is 0. The van der Waals surface area contributed by atoms with E-state index in [1.165, 1.54) is 22.3 Å². The second kappa shape index (κ2) is 10.4. The fraction of sp³-hybridized carbons (Fsp3) is 0.125. The van der Waals surface area contributed by atoms with Crippen LogP contribution < -0.4 is 9.81 Å². The van der Waals surface area contributed by atoms with E-state index in [-0.39, 0.29) is 24.8 Å². The van der Waals surface area contributed by atoms with Gasteiger partial charge in [-0.1, -0.05) is 0 Å². The van der Waals surface area contributed by atoms with Crippen LogP contribution in [0.1, 0.15) is 30.0 Å². The first-order valence-electron chi connectivity index (χ1n) is 12.4. The molecule has 0 spiro atoms. The standard InChI is InChI=1S/C15H13.2C6H5.C5H5.2ClH.H2Si.Zr/c1-2-11-7-5-8-13-10-12-6-3-4-9-14(12)15(11)13;2*1-2-4-6-5-3-1;1-2-4-5-3-1;;;;/h3-7,9H,2,10H2,1H3;2*1-5H;1-3H,4H2;2*1H;1H2;. The number of hydrogen-bond acceptors (Lipinski definition) is 0. The van der Waals surface area contributed by atoms with Gasteiger partial charge < -0.3 is 0 Å². The Labute approximate surface area is 229 Å². The van der Waals surface area contributed by atoms with Crippen LogP contribution >= 0.6 is 24.8 Å². The first kappa shape index (κ1) is 27.1. The number of fused-ring (bicyclic) bond motifs is 3. The summed E-state index contributed by atoms with van der Waals surface area (Å²) >= 11 is -4.21. The Morgan fingerprint density at radius 2 is 1.36 bits per heavy atom. The maximum atomic E-state index is 2.54. The van der Waals surface area contributed by atoms with Crippen LogP contribution in [-0.2, 0) is 30.2 Å². The van der Waals surface area contributed by atoms with Gasteiger partial charge in [0.25, 0.3) is 0 Å². The third kappa shape index (κ3) is 3.72. The molecule has 36 heavy (non-hydrogen) atoms. The Bertz CT molecular complexity index is 1490. The van der Waals surface area contributed by atoms with Gasteiger partial charge in [0.15, 0.2) is 0 Å². The Kier molecular flexibility index (Phi) is 7.84. The Morgan fingerprint density at radius 1 is 0.750 bits per heavy atom. The monoisotopic (exact) mass is 604 g/mol. The molecule has 2 aliphatic rings. The van der Waals surface area contributed by atoms with Crippen molar-refractivity contribution in [3.8, 4) is 11.1 Å². The molecule has 4 heteroatoms. The van der Waals surface area contributed by atoms with Crippen LogP contribution in [0, 0.1) is 0 Å². The number of rotatable bonds is 5. The zero-order valence-corrected chi connectivity index (χ0v) is 26.1. The third-order valence-electron chi connectivity index (χ3n) is 8.33. The van der Waals surface area contributed by atoms with Crippen molar-refractivity contribution >= 4 is 41.5 Å². The maximum absolute atomic E-state index is 4.21. The van der Waals surface area contributed by atoms with Gasteiger partial charge in [0.2, 0.25) is 0 Å². The summed E-state index contributed by atoms with van der Waals surface area (Å²) in [5, 5.41) is 0. The van der Waals surface area contributed by atoms with Crippen LogP contribution in [0.5, 0.6) is 0 Å². The van der Waals surface area contributed by atoms with E-state index in [1.807, 2.05) is 0 Å². The van der Waals surface area contributed by atoms with Crippen molar-refractivity contribution in [1.29, 1.82) is 0 Å². The molecule has 0 atom stereocenters. The van der Waals surface area contributed by atoms with Crippen molar-refractivity contribution in [3.63, 3.8) is 0 Å². The molecule has 0 saturated heterocycles. The van der Waals surface area contributed by atoms with E-state index >= 15 is 0 Å². The molecule has 182 valence electrons. The topological polar surface area (TPSA) is 0 Å². The fourth-order valence-corrected chi connectivity index (χ4v) is 28.3. The minimum atomic E-state index is -4.21. The maximum Gasteiger partial charge on any atom is -0.147 e. The number of aryl methyl sites for hydroxylation is 1. The van der Waals surface area contributed by atoms with Gasteiger partial charge in [0.1, 0.15) is 0 Å². The molecule has 0 aromatic heterocycles. The van der Waals surface area contributed by atoms with E-state index in [0.717, 1.165) is 19.3 Å². The van der Waals surface area contributed by atoms with E-state index in [4.69, 9.17) is 0 Å². The smallest absolute Gasteiger partial charge is 0.147 e. The van der Waals surface area contributed by atoms with Crippen molar-refractivity contribution in [1.82, 2.24) is 0 Å². The number of halogens is 2. The van der Waals surface area contributed by atoms with Crippen molar-refractivity contribution < 1.29 is 17.4 Å². The summed E-state index contributed by atoms with van der Waals surface area (Å²) in [5.41, 5.74) is 7.51. The molecule has 0 saturated carbocycles. The van der Waals surface area contributed by atoms with Gasteiger partial charge in [-0.15, -0.1) is 24.8 Å². The van der Waals surface area contributed by atoms with E-state index < -0.39 is 17.4 Å². The molecule has 0 amide bonds. The first-order valence-corrected chi connectivity index (χ1v) is 23.2. The molecule has 0 N–H and O–H groups in total. The second-order valence-electron chi connectivity index (χ2n) is 9.83. The predicted octanol–water partition coefficient (Wildman–Crippen LogP) is 6.02. The fourth-order valence-electron chi connectivity index (χ4n) is 6.63. The molecule has 2 aliphatic carbocycles.